The third-order valence-electron chi connectivity index (χ3n) is 2.90. The van der Waals surface area contributed by atoms with Crippen LogP contribution in [-0.4, -0.2) is 15.0 Å². The Morgan fingerprint density at radius 2 is 1.95 bits per heavy atom. The van der Waals surface area contributed by atoms with Crippen molar-refractivity contribution in [3.63, 3.8) is 0 Å². The first-order chi connectivity index (χ1) is 9.94. The van der Waals surface area contributed by atoms with Gasteiger partial charge in [-0.1, -0.05) is 30.7 Å². The third kappa shape index (κ3) is 3.97. The van der Waals surface area contributed by atoms with Crippen molar-refractivity contribution in [3.05, 3.63) is 45.6 Å². The monoisotopic (exact) mass is 344 g/mol. The number of nitrogens with one attached hydrogen (secondary N) is 2. The minimum Gasteiger partial charge on any atom is -0.377 e. The minimum absolute atomic E-state index is 0.0273. The normalized spacial score (nSPS) is 13.1. The first-order valence-corrected chi connectivity index (χ1v) is 9.22. The highest BCUT2D eigenvalue weighted by atomic mass is 35.5. The van der Waals surface area contributed by atoms with Gasteiger partial charge in [0.15, 0.2) is 0 Å². The molecule has 0 aliphatic carbocycles. The molecule has 114 valence electrons. The molecule has 2 rings (SSSR count). The van der Waals surface area contributed by atoms with Gasteiger partial charge in [-0.25, -0.2) is 13.1 Å². The number of benzene rings is 1. The highest BCUT2D eigenvalue weighted by molar-refractivity contribution is 7.89. The Hall–Kier alpha value is -1.08. The summed E-state index contributed by atoms with van der Waals surface area (Å²) in [5.74, 6) is 0. The first kappa shape index (κ1) is 16.3. The molecule has 1 unspecified atom stereocenters. The van der Waals surface area contributed by atoms with Crippen molar-refractivity contribution in [2.75, 3.05) is 11.9 Å². The lowest BCUT2D eigenvalue weighted by molar-refractivity contribution is 0.584. The lowest BCUT2D eigenvalue weighted by Gasteiger charge is -2.17. The number of anilines is 1. The second-order valence-corrected chi connectivity index (χ2v) is 7.99. The number of hydrogen-bond donors (Lipinski definition) is 2. The van der Waals surface area contributed by atoms with Crippen molar-refractivity contribution >= 4 is 38.6 Å². The van der Waals surface area contributed by atoms with Crippen LogP contribution < -0.4 is 10.0 Å². The maximum absolute atomic E-state index is 12.2. The van der Waals surface area contributed by atoms with Crippen LogP contribution in [-0.2, 0) is 10.0 Å². The summed E-state index contributed by atoms with van der Waals surface area (Å²) in [6.45, 7) is 4.08. The Kier molecular flexibility index (Phi) is 5.27. The molecule has 1 atom stereocenters. The van der Waals surface area contributed by atoms with Gasteiger partial charge < -0.3 is 5.32 Å². The third-order valence-corrected chi connectivity index (χ3v) is 5.92. The van der Waals surface area contributed by atoms with E-state index in [2.05, 4.69) is 10.0 Å². The van der Waals surface area contributed by atoms with Crippen molar-refractivity contribution in [3.8, 4) is 0 Å². The molecule has 0 aliphatic heterocycles. The number of halogens is 1. The molecular weight excluding hydrogens is 328 g/mol. The van der Waals surface area contributed by atoms with E-state index in [9.17, 15) is 8.42 Å². The van der Waals surface area contributed by atoms with Crippen molar-refractivity contribution in [1.29, 1.82) is 0 Å². The molecule has 0 amide bonds. The number of para-hydroxylation sites is 1. The molecule has 0 saturated heterocycles. The highest BCUT2D eigenvalue weighted by Crippen LogP contribution is 2.30. The van der Waals surface area contributed by atoms with Crippen LogP contribution in [0.5, 0.6) is 0 Å². The van der Waals surface area contributed by atoms with E-state index in [1.807, 2.05) is 19.1 Å². The van der Waals surface area contributed by atoms with Gasteiger partial charge in [0.1, 0.15) is 4.90 Å². The maximum Gasteiger partial charge on any atom is 0.242 e. The molecule has 1 heterocycles. The van der Waals surface area contributed by atoms with Crippen molar-refractivity contribution in [1.82, 2.24) is 4.72 Å². The van der Waals surface area contributed by atoms with E-state index in [1.165, 1.54) is 11.3 Å². The van der Waals surface area contributed by atoms with Gasteiger partial charge in [-0.3, -0.25) is 0 Å². The average molecular weight is 345 g/mol. The van der Waals surface area contributed by atoms with Crippen LogP contribution in [0.4, 0.5) is 5.69 Å². The minimum atomic E-state index is -3.50. The van der Waals surface area contributed by atoms with Crippen LogP contribution in [0.3, 0.4) is 0 Å². The summed E-state index contributed by atoms with van der Waals surface area (Å²) >= 11 is 7.41. The molecule has 1 aromatic carbocycles. The van der Waals surface area contributed by atoms with Gasteiger partial charge in [0.25, 0.3) is 0 Å². The maximum atomic E-state index is 12.2. The Morgan fingerprint density at radius 3 is 2.57 bits per heavy atom. The summed E-state index contributed by atoms with van der Waals surface area (Å²) in [5.41, 5.74) is 0.579. The molecule has 2 N–H and O–H groups in total. The van der Waals surface area contributed by atoms with Crippen LogP contribution in [0.25, 0.3) is 0 Å². The van der Waals surface area contributed by atoms with E-state index in [1.54, 1.807) is 31.2 Å². The summed E-state index contributed by atoms with van der Waals surface area (Å²) in [7, 11) is -3.50. The van der Waals surface area contributed by atoms with E-state index in [0.29, 0.717) is 16.6 Å². The quantitative estimate of drug-likeness (QED) is 0.836. The van der Waals surface area contributed by atoms with E-state index < -0.39 is 10.0 Å². The van der Waals surface area contributed by atoms with Gasteiger partial charge in [-0.15, -0.1) is 11.3 Å². The lowest BCUT2D eigenvalue weighted by atomic mass is 10.2. The molecule has 0 saturated carbocycles. The molecule has 2 aromatic rings. The molecule has 0 radical (unpaired) electrons. The van der Waals surface area contributed by atoms with Gasteiger partial charge in [-0.2, -0.15) is 0 Å². The topological polar surface area (TPSA) is 58.2 Å². The van der Waals surface area contributed by atoms with E-state index in [0.717, 1.165) is 4.88 Å². The standard InChI is InChI=1S/C14H17ClN2O2S2/c1-3-16-21(18,19)13-7-5-4-6-11(13)17-10(2)12-8-9-14(15)20-12/h4-10,16-17H,3H2,1-2H3. The second kappa shape index (κ2) is 6.79. The number of thiophene rings is 1. The van der Waals surface area contributed by atoms with Gasteiger partial charge in [0, 0.05) is 11.4 Å². The molecule has 1 aromatic heterocycles. The van der Waals surface area contributed by atoms with Crippen molar-refractivity contribution in [2.45, 2.75) is 24.8 Å². The zero-order valence-electron chi connectivity index (χ0n) is 11.8. The Balaban J connectivity index is 2.29. The SMILES string of the molecule is CCNS(=O)(=O)c1ccccc1NC(C)c1ccc(Cl)s1. The summed E-state index contributed by atoms with van der Waals surface area (Å²) < 4.78 is 27.6. The largest absolute Gasteiger partial charge is 0.377 e. The summed E-state index contributed by atoms with van der Waals surface area (Å²) in [4.78, 5) is 1.30. The summed E-state index contributed by atoms with van der Waals surface area (Å²) in [5, 5.41) is 3.24. The van der Waals surface area contributed by atoms with Crippen LogP contribution in [0, 0.1) is 0 Å². The molecule has 0 bridgehead atoms. The highest BCUT2D eigenvalue weighted by Gasteiger charge is 2.18. The van der Waals surface area contributed by atoms with Gasteiger partial charge in [0.05, 0.1) is 16.1 Å². The van der Waals surface area contributed by atoms with E-state index in [4.69, 9.17) is 11.6 Å². The van der Waals surface area contributed by atoms with E-state index in [-0.39, 0.29) is 10.9 Å². The Labute approximate surface area is 134 Å². The summed E-state index contributed by atoms with van der Waals surface area (Å²) in [6.07, 6.45) is 0. The Bertz CT molecular complexity index is 713. The van der Waals surface area contributed by atoms with E-state index >= 15 is 0 Å². The van der Waals surface area contributed by atoms with Crippen molar-refractivity contribution < 1.29 is 8.42 Å². The predicted molar refractivity (Wildman–Crippen MR) is 88.7 cm³/mol. The zero-order valence-corrected chi connectivity index (χ0v) is 14.1. The number of hydrogen-bond acceptors (Lipinski definition) is 4. The van der Waals surface area contributed by atoms with Crippen LogP contribution in [0.1, 0.15) is 24.8 Å². The predicted octanol–water partition coefficient (Wildman–Crippen LogP) is 3.87. The second-order valence-electron chi connectivity index (χ2n) is 4.51. The van der Waals surface area contributed by atoms with Gasteiger partial charge in [0.2, 0.25) is 10.0 Å². The average Bonchev–Trinajstić information content (AvgIpc) is 2.86. The zero-order chi connectivity index (χ0) is 15.5. The fourth-order valence-electron chi connectivity index (χ4n) is 1.95. The molecule has 21 heavy (non-hydrogen) atoms. The van der Waals surface area contributed by atoms with Crippen LogP contribution in [0.2, 0.25) is 4.34 Å². The van der Waals surface area contributed by atoms with Crippen LogP contribution >= 0.6 is 22.9 Å². The molecule has 0 aliphatic rings. The van der Waals surface area contributed by atoms with Crippen LogP contribution in [0.15, 0.2) is 41.3 Å². The lowest BCUT2D eigenvalue weighted by Crippen LogP contribution is -2.24. The van der Waals surface area contributed by atoms with Gasteiger partial charge >= 0.3 is 0 Å². The van der Waals surface area contributed by atoms with Gasteiger partial charge in [-0.05, 0) is 31.2 Å². The molecule has 7 heteroatoms. The number of rotatable bonds is 6. The molecular formula is C14H17ClN2O2S2. The van der Waals surface area contributed by atoms with Crippen molar-refractivity contribution in [2.24, 2.45) is 0 Å². The molecule has 0 fully saturated rings. The Morgan fingerprint density at radius 1 is 1.24 bits per heavy atom. The first-order valence-electron chi connectivity index (χ1n) is 6.54. The molecule has 0 spiro atoms. The fraction of sp³-hybridized carbons (Fsp3) is 0.286. The number of sulfonamides is 1. The smallest absolute Gasteiger partial charge is 0.242 e. The summed E-state index contributed by atoms with van der Waals surface area (Å²) in [6, 6.07) is 10.6. The molecule has 4 nitrogen and oxygen atoms in total. The fourth-order valence-corrected chi connectivity index (χ4v) is 4.23.